The Morgan fingerprint density at radius 3 is 2.68 bits per heavy atom. The van der Waals surface area contributed by atoms with Crippen LogP contribution in [0.15, 0.2) is 12.1 Å². The van der Waals surface area contributed by atoms with Crippen LogP contribution in [-0.2, 0) is 0 Å². The zero-order chi connectivity index (χ0) is 14.2. The average Bonchev–Trinajstić information content (AvgIpc) is 2.71. The van der Waals surface area contributed by atoms with Crippen LogP contribution in [0.2, 0.25) is 10.0 Å². The quantitative estimate of drug-likeness (QED) is 0.874. The fourth-order valence-electron chi connectivity index (χ4n) is 1.59. The van der Waals surface area contributed by atoms with Crippen molar-refractivity contribution in [2.45, 2.75) is 13.8 Å². The van der Waals surface area contributed by atoms with Crippen molar-refractivity contribution in [3.8, 4) is 0 Å². The number of carbonyl (C=O) groups is 1. The van der Waals surface area contributed by atoms with E-state index in [0.29, 0.717) is 26.4 Å². The SMILES string of the molecule is Cc1ccc(Cl)c(Nc2snc(C)c2C(=O)O)c1Cl. The van der Waals surface area contributed by atoms with Gasteiger partial charge in [-0.3, -0.25) is 0 Å². The van der Waals surface area contributed by atoms with Crippen LogP contribution in [0, 0.1) is 13.8 Å². The number of carboxylic acids is 1. The molecule has 1 heterocycles. The summed E-state index contributed by atoms with van der Waals surface area (Å²) in [4.78, 5) is 11.2. The lowest BCUT2D eigenvalue weighted by molar-refractivity contribution is 0.0697. The molecule has 0 unspecified atom stereocenters. The molecular formula is C12H10Cl2N2O2S. The van der Waals surface area contributed by atoms with Gasteiger partial charge in [0.2, 0.25) is 0 Å². The fraction of sp³-hybridized carbons (Fsp3) is 0.167. The number of hydrogen-bond donors (Lipinski definition) is 2. The van der Waals surface area contributed by atoms with Crippen LogP contribution in [0.5, 0.6) is 0 Å². The van der Waals surface area contributed by atoms with Gasteiger partial charge < -0.3 is 10.4 Å². The highest BCUT2D eigenvalue weighted by atomic mass is 35.5. The van der Waals surface area contributed by atoms with Gasteiger partial charge in [0.25, 0.3) is 0 Å². The molecule has 2 rings (SSSR count). The van der Waals surface area contributed by atoms with Crippen molar-refractivity contribution in [2.24, 2.45) is 0 Å². The monoisotopic (exact) mass is 316 g/mol. The predicted octanol–water partition coefficient (Wildman–Crippen LogP) is 4.51. The third kappa shape index (κ3) is 2.68. The van der Waals surface area contributed by atoms with Crippen molar-refractivity contribution >= 4 is 51.4 Å². The number of hydrogen-bond acceptors (Lipinski definition) is 4. The van der Waals surface area contributed by atoms with Crippen LogP contribution in [0.25, 0.3) is 0 Å². The number of nitrogens with one attached hydrogen (secondary N) is 1. The van der Waals surface area contributed by atoms with E-state index in [-0.39, 0.29) is 5.56 Å². The minimum absolute atomic E-state index is 0.138. The van der Waals surface area contributed by atoms with Crippen molar-refractivity contribution in [2.75, 3.05) is 5.32 Å². The minimum Gasteiger partial charge on any atom is -0.478 e. The second-order valence-electron chi connectivity index (χ2n) is 3.96. The van der Waals surface area contributed by atoms with E-state index in [9.17, 15) is 4.79 Å². The molecule has 1 aromatic heterocycles. The first kappa shape index (κ1) is 14.1. The Bertz CT molecular complexity index is 655. The summed E-state index contributed by atoms with van der Waals surface area (Å²) in [7, 11) is 0. The molecule has 0 aliphatic carbocycles. The predicted molar refractivity (Wildman–Crippen MR) is 78.3 cm³/mol. The maximum Gasteiger partial charge on any atom is 0.340 e. The molecule has 0 aliphatic heterocycles. The van der Waals surface area contributed by atoms with E-state index in [0.717, 1.165) is 17.1 Å². The van der Waals surface area contributed by atoms with Crippen LogP contribution in [0.1, 0.15) is 21.6 Å². The van der Waals surface area contributed by atoms with E-state index in [1.54, 1.807) is 19.1 Å². The van der Waals surface area contributed by atoms with Crippen molar-refractivity contribution in [1.82, 2.24) is 4.37 Å². The maximum atomic E-state index is 11.2. The zero-order valence-corrected chi connectivity index (χ0v) is 12.4. The summed E-state index contributed by atoms with van der Waals surface area (Å²) in [6.07, 6.45) is 0. The van der Waals surface area contributed by atoms with E-state index in [4.69, 9.17) is 28.3 Å². The van der Waals surface area contributed by atoms with Crippen LogP contribution in [0.3, 0.4) is 0 Å². The minimum atomic E-state index is -1.03. The highest BCUT2D eigenvalue weighted by Crippen LogP contribution is 2.37. The Morgan fingerprint density at radius 2 is 2.05 bits per heavy atom. The van der Waals surface area contributed by atoms with Gasteiger partial charge in [0, 0.05) is 0 Å². The molecular weight excluding hydrogens is 307 g/mol. The first-order valence-corrected chi connectivity index (χ1v) is 6.86. The lowest BCUT2D eigenvalue weighted by atomic mass is 10.2. The Hall–Kier alpha value is -1.30. The summed E-state index contributed by atoms with van der Waals surface area (Å²) in [5, 5.41) is 13.4. The second-order valence-corrected chi connectivity index (χ2v) is 5.51. The van der Waals surface area contributed by atoms with E-state index < -0.39 is 5.97 Å². The van der Waals surface area contributed by atoms with Gasteiger partial charge in [0.05, 0.1) is 21.4 Å². The summed E-state index contributed by atoms with van der Waals surface area (Å²) in [5.74, 6) is -1.03. The first-order chi connectivity index (χ1) is 8.91. The normalized spacial score (nSPS) is 10.5. The molecule has 0 radical (unpaired) electrons. The molecule has 0 fully saturated rings. The molecule has 100 valence electrons. The fourth-order valence-corrected chi connectivity index (χ4v) is 2.85. The molecule has 1 aromatic carbocycles. The Balaban J connectivity index is 2.48. The molecule has 0 saturated carbocycles. The highest BCUT2D eigenvalue weighted by Gasteiger charge is 2.19. The number of carboxylic acid groups (broad SMARTS) is 1. The molecule has 19 heavy (non-hydrogen) atoms. The van der Waals surface area contributed by atoms with Crippen LogP contribution < -0.4 is 5.32 Å². The van der Waals surface area contributed by atoms with Gasteiger partial charge in [-0.05, 0) is 37.0 Å². The van der Waals surface area contributed by atoms with E-state index in [1.807, 2.05) is 6.92 Å². The Morgan fingerprint density at radius 1 is 1.37 bits per heavy atom. The van der Waals surface area contributed by atoms with Crippen molar-refractivity contribution in [3.05, 3.63) is 39.0 Å². The number of rotatable bonds is 3. The molecule has 0 spiro atoms. The van der Waals surface area contributed by atoms with E-state index in [2.05, 4.69) is 9.69 Å². The third-order valence-electron chi connectivity index (χ3n) is 2.60. The number of aromatic carboxylic acids is 1. The summed E-state index contributed by atoms with van der Waals surface area (Å²) < 4.78 is 4.03. The molecule has 2 N–H and O–H groups in total. The number of aromatic nitrogens is 1. The van der Waals surface area contributed by atoms with Crippen molar-refractivity contribution in [3.63, 3.8) is 0 Å². The summed E-state index contributed by atoms with van der Waals surface area (Å²) in [6.45, 7) is 3.49. The molecule has 2 aromatic rings. The topological polar surface area (TPSA) is 62.2 Å². The second kappa shape index (κ2) is 5.36. The average molecular weight is 317 g/mol. The first-order valence-electron chi connectivity index (χ1n) is 5.33. The summed E-state index contributed by atoms with van der Waals surface area (Å²) in [6, 6.07) is 3.51. The van der Waals surface area contributed by atoms with Crippen LogP contribution in [0.4, 0.5) is 10.7 Å². The summed E-state index contributed by atoms with van der Waals surface area (Å²) in [5.41, 5.74) is 1.94. The molecule has 0 saturated heterocycles. The van der Waals surface area contributed by atoms with Crippen LogP contribution >= 0.6 is 34.7 Å². The van der Waals surface area contributed by atoms with Crippen LogP contribution in [-0.4, -0.2) is 15.4 Å². The largest absolute Gasteiger partial charge is 0.478 e. The lowest BCUT2D eigenvalue weighted by Crippen LogP contribution is -2.02. The highest BCUT2D eigenvalue weighted by molar-refractivity contribution is 7.10. The van der Waals surface area contributed by atoms with Crippen molar-refractivity contribution < 1.29 is 9.90 Å². The third-order valence-corrected chi connectivity index (χ3v) is 4.26. The van der Waals surface area contributed by atoms with Gasteiger partial charge in [-0.1, -0.05) is 29.3 Å². The lowest BCUT2D eigenvalue weighted by Gasteiger charge is -2.11. The zero-order valence-electron chi connectivity index (χ0n) is 10.1. The molecule has 0 amide bonds. The van der Waals surface area contributed by atoms with E-state index in [1.165, 1.54) is 0 Å². The van der Waals surface area contributed by atoms with Gasteiger partial charge in [0.15, 0.2) is 0 Å². The number of halogens is 2. The molecule has 4 nitrogen and oxygen atoms in total. The Kier molecular flexibility index (Phi) is 3.99. The van der Waals surface area contributed by atoms with Gasteiger partial charge in [-0.25, -0.2) is 4.79 Å². The summed E-state index contributed by atoms with van der Waals surface area (Å²) >= 11 is 13.3. The number of aryl methyl sites for hydroxylation is 2. The smallest absolute Gasteiger partial charge is 0.340 e. The number of nitrogens with zero attached hydrogens (tertiary/aromatic N) is 1. The molecule has 7 heteroatoms. The van der Waals surface area contributed by atoms with Crippen molar-refractivity contribution in [1.29, 1.82) is 0 Å². The molecule has 0 aliphatic rings. The Labute approximate surface area is 124 Å². The number of benzene rings is 1. The maximum absolute atomic E-state index is 11.2. The van der Waals surface area contributed by atoms with Gasteiger partial charge >= 0.3 is 5.97 Å². The number of anilines is 2. The molecule has 0 atom stereocenters. The molecule has 0 bridgehead atoms. The van der Waals surface area contributed by atoms with Gasteiger partial charge in [-0.2, -0.15) is 4.37 Å². The standard InChI is InChI=1S/C12H10Cl2N2O2S/c1-5-3-4-7(13)10(9(5)14)15-11-8(12(17)18)6(2)16-19-11/h3-4,15H,1-2H3,(H,17,18). The van der Waals surface area contributed by atoms with E-state index >= 15 is 0 Å². The van der Waals surface area contributed by atoms with Gasteiger partial charge in [-0.15, -0.1) is 0 Å². The van der Waals surface area contributed by atoms with Gasteiger partial charge in [0.1, 0.15) is 10.6 Å².